The smallest absolute Gasteiger partial charge is 0.244 e. The second-order valence-electron chi connectivity index (χ2n) is 7.16. The normalized spacial score (nSPS) is 21.2. The van der Waals surface area contributed by atoms with Gasteiger partial charge in [-0.3, -0.25) is 0 Å². The maximum atomic E-state index is 13.5. The average molecular weight is 390 g/mol. The van der Waals surface area contributed by atoms with Crippen molar-refractivity contribution < 1.29 is 17.9 Å². The Morgan fingerprint density at radius 1 is 1.15 bits per heavy atom. The topological polar surface area (TPSA) is 55.8 Å². The molecule has 2 unspecified atom stereocenters. The summed E-state index contributed by atoms with van der Waals surface area (Å²) in [6.45, 7) is 6.27. The van der Waals surface area contributed by atoms with Crippen LogP contribution >= 0.6 is 0 Å². The SMILES string of the molecule is COc1cc(C)c(S(=O)(=O)N2CC(Cc3ccccc3)OCC2C)c(C)c1. The lowest BCUT2D eigenvalue weighted by molar-refractivity contribution is -0.0265. The molecule has 146 valence electrons. The molecule has 6 heteroatoms. The molecule has 0 aliphatic carbocycles. The Labute approximate surface area is 162 Å². The number of aryl methyl sites for hydroxylation is 2. The van der Waals surface area contributed by atoms with E-state index in [4.69, 9.17) is 9.47 Å². The Hall–Kier alpha value is -1.89. The van der Waals surface area contributed by atoms with E-state index in [1.54, 1.807) is 23.5 Å². The lowest BCUT2D eigenvalue weighted by Crippen LogP contribution is -2.51. The van der Waals surface area contributed by atoms with E-state index in [0.29, 0.717) is 41.3 Å². The molecule has 0 saturated carbocycles. The number of benzene rings is 2. The van der Waals surface area contributed by atoms with Gasteiger partial charge >= 0.3 is 0 Å². The van der Waals surface area contributed by atoms with E-state index in [1.165, 1.54) is 0 Å². The molecule has 3 rings (SSSR count). The molecule has 2 atom stereocenters. The minimum absolute atomic E-state index is 0.155. The van der Waals surface area contributed by atoms with E-state index < -0.39 is 10.0 Å². The summed E-state index contributed by atoms with van der Waals surface area (Å²) < 4.78 is 39.7. The van der Waals surface area contributed by atoms with Gasteiger partial charge in [0.05, 0.1) is 24.7 Å². The fraction of sp³-hybridized carbons (Fsp3) is 0.429. The molecule has 0 N–H and O–H groups in total. The molecular formula is C21H27NO4S. The van der Waals surface area contributed by atoms with Crippen LogP contribution in [0, 0.1) is 13.8 Å². The molecule has 0 amide bonds. The quantitative estimate of drug-likeness (QED) is 0.787. The molecule has 0 bridgehead atoms. The van der Waals surface area contributed by atoms with Crippen LogP contribution < -0.4 is 4.74 Å². The zero-order chi connectivity index (χ0) is 19.6. The van der Waals surface area contributed by atoms with Crippen molar-refractivity contribution in [2.24, 2.45) is 0 Å². The van der Waals surface area contributed by atoms with Crippen LogP contribution in [0.2, 0.25) is 0 Å². The van der Waals surface area contributed by atoms with E-state index in [2.05, 4.69) is 0 Å². The van der Waals surface area contributed by atoms with Crippen molar-refractivity contribution in [2.45, 2.75) is 44.2 Å². The molecule has 27 heavy (non-hydrogen) atoms. The first kappa shape index (κ1) is 19.9. The van der Waals surface area contributed by atoms with Gasteiger partial charge in [0.1, 0.15) is 5.75 Å². The van der Waals surface area contributed by atoms with Gasteiger partial charge in [-0.2, -0.15) is 4.31 Å². The molecular weight excluding hydrogens is 362 g/mol. The van der Waals surface area contributed by atoms with Crippen LogP contribution in [-0.2, 0) is 21.2 Å². The van der Waals surface area contributed by atoms with Crippen molar-refractivity contribution >= 4 is 10.0 Å². The first-order valence-corrected chi connectivity index (χ1v) is 10.6. The van der Waals surface area contributed by atoms with E-state index in [9.17, 15) is 8.42 Å². The van der Waals surface area contributed by atoms with Gasteiger partial charge in [-0.1, -0.05) is 30.3 Å². The first-order valence-electron chi connectivity index (χ1n) is 9.15. The molecule has 0 radical (unpaired) electrons. The largest absolute Gasteiger partial charge is 0.497 e. The molecule has 1 aliphatic rings. The van der Waals surface area contributed by atoms with Crippen molar-refractivity contribution in [3.63, 3.8) is 0 Å². The number of morpholine rings is 1. The van der Waals surface area contributed by atoms with Gasteiger partial charge in [0, 0.05) is 12.6 Å². The number of hydrogen-bond donors (Lipinski definition) is 0. The summed E-state index contributed by atoms with van der Waals surface area (Å²) in [6, 6.07) is 13.4. The fourth-order valence-electron chi connectivity index (χ4n) is 3.68. The van der Waals surface area contributed by atoms with E-state index >= 15 is 0 Å². The second kappa shape index (κ2) is 8.00. The van der Waals surface area contributed by atoms with Crippen LogP contribution in [0.1, 0.15) is 23.6 Å². The van der Waals surface area contributed by atoms with Gasteiger partial charge in [0.15, 0.2) is 0 Å². The summed E-state index contributed by atoms with van der Waals surface area (Å²) in [5.74, 6) is 0.668. The first-order chi connectivity index (χ1) is 12.8. The summed E-state index contributed by atoms with van der Waals surface area (Å²) in [6.07, 6.45) is 0.539. The third-order valence-electron chi connectivity index (χ3n) is 4.99. The van der Waals surface area contributed by atoms with Crippen LogP contribution in [0.3, 0.4) is 0 Å². The summed E-state index contributed by atoms with van der Waals surface area (Å²) >= 11 is 0. The molecule has 0 spiro atoms. The van der Waals surface area contributed by atoms with Crippen molar-refractivity contribution in [2.75, 3.05) is 20.3 Å². The molecule has 1 heterocycles. The minimum Gasteiger partial charge on any atom is -0.497 e. The number of nitrogens with zero attached hydrogens (tertiary/aromatic N) is 1. The zero-order valence-corrected chi connectivity index (χ0v) is 17.1. The molecule has 1 saturated heterocycles. The summed E-state index contributed by atoms with van der Waals surface area (Å²) in [4.78, 5) is 0.371. The Bertz CT molecular complexity index is 873. The van der Waals surface area contributed by atoms with Crippen molar-refractivity contribution in [3.8, 4) is 5.75 Å². The second-order valence-corrected chi connectivity index (χ2v) is 8.99. The van der Waals surface area contributed by atoms with Gasteiger partial charge in [-0.15, -0.1) is 0 Å². The Morgan fingerprint density at radius 2 is 1.78 bits per heavy atom. The molecule has 2 aromatic rings. The highest BCUT2D eigenvalue weighted by Crippen LogP contribution is 2.31. The third kappa shape index (κ3) is 4.18. The number of ether oxygens (including phenoxy) is 2. The van der Waals surface area contributed by atoms with Crippen molar-refractivity contribution in [1.82, 2.24) is 4.31 Å². The van der Waals surface area contributed by atoms with Crippen molar-refractivity contribution in [1.29, 1.82) is 0 Å². The highest BCUT2D eigenvalue weighted by molar-refractivity contribution is 7.89. The van der Waals surface area contributed by atoms with Gasteiger partial charge in [0.2, 0.25) is 10.0 Å². The lowest BCUT2D eigenvalue weighted by Gasteiger charge is -2.37. The van der Waals surface area contributed by atoms with Crippen LogP contribution in [0.5, 0.6) is 5.75 Å². The number of rotatable bonds is 5. The predicted octanol–water partition coefficient (Wildman–Crippen LogP) is 3.33. The number of sulfonamides is 1. The summed E-state index contributed by atoms with van der Waals surface area (Å²) in [7, 11) is -2.04. The minimum atomic E-state index is -3.62. The Balaban J connectivity index is 1.88. The molecule has 1 aliphatic heterocycles. The fourth-order valence-corrected chi connectivity index (χ4v) is 5.74. The Kier molecular flexibility index (Phi) is 5.89. The highest BCUT2D eigenvalue weighted by Gasteiger charge is 2.37. The van der Waals surface area contributed by atoms with Crippen LogP contribution in [0.15, 0.2) is 47.4 Å². The molecule has 2 aromatic carbocycles. The standard InChI is InChI=1S/C21H27NO4S/c1-15-10-19(25-4)11-16(2)21(15)27(23,24)22-13-20(26-14-17(22)3)12-18-8-6-5-7-9-18/h5-11,17,20H,12-14H2,1-4H3. The lowest BCUT2D eigenvalue weighted by atomic mass is 10.1. The zero-order valence-electron chi connectivity index (χ0n) is 16.3. The molecule has 0 aromatic heterocycles. The molecule has 1 fully saturated rings. The average Bonchev–Trinajstić information content (AvgIpc) is 2.63. The third-order valence-corrected chi connectivity index (χ3v) is 7.28. The highest BCUT2D eigenvalue weighted by atomic mass is 32.2. The van der Waals surface area contributed by atoms with Crippen LogP contribution in [-0.4, -0.2) is 45.1 Å². The Morgan fingerprint density at radius 3 is 2.37 bits per heavy atom. The van der Waals surface area contributed by atoms with Crippen molar-refractivity contribution in [3.05, 3.63) is 59.2 Å². The van der Waals surface area contributed by atoms with E-state index in [1.807, 2.05) is 51.1 Å². The molecule has 5 nitrogen and oxygen atoms in total. The van der Waals surface area contributed by atoms with E-state index in [0.717, 1.165) is 5.56 Å². The number of methoxy groups -OCH3 is 1. The summed E-state index contributed by atoms with van der Waals surface area (Å²) in [5, 5.41) is 0. The summed E-state index contributed by atoms with van der Waals surface area (Å²) in [5.41, 5.74) is 2.54. The van der Waals surface area contributed by atoms with Gasteiger partial charge in [-0.25, -0.2) is 8.42 Å². The predicted molar refractivity (Wildman–Crippen MR) is 106 cm³/mol. The van der Waals surface area contributed by atoms with Gasteiger partial charge in [-0.05, 0) is 56.0 Å². The maximum absolute atomic E-state index is 13.5. The van der Waals surface area contributed by atoms with E-state index in [-0.39, 0.29) is 12.1 Å². The number of hydrogen-bond acceptors (Lipinski definition) is 4. The van der Waals surface area contributed by atoms with Crippen LogP contribution in [0.25, 0.3) is 0 Å². The van der Waals surface area contributed by atoms with Gasteiger partial charge < -0.3 is 9.47 Å². The monoisotopic (exact) mass is 389 g/mol. The maximum Gasteiger partial charge on any atom is 0.244 e. The van der Waals surface area contributed by atoms with Gasteiger partial charge in [0.25, 0.3) is 0 Å². The van der Waals surface area contributed by atoms with Crippen LogP contribution in [0.4, 0.5) is 0 Å².